The maximum absolute atomic E-state index is 13.0. The van der Waals surface area contributed by atoms with Crippen molar-refractivity contribution >= 4 is 21.7 Å². The van der Waals surface area contributed by atoms with Crippen molar-refractivity contribution in [3.05, 3.63) is 53.6 Å². The molecule has 7 nitrogen and oxygen atoms in total. The third kappa shape index (κ3) is 4.60. The van der Waals surface area contributed by atoms with Gasteiger partial charge < -0.3 is 14.7 Å². The Labute approximate surface area is 177 Å². The van der Waals surface area contributed by atoms with E-state index in [0.717, 1.165) is 5.69 Å². The van der Waals surface area contributed by atoms with Crippen LogP contribution in [0.3, 0.4) is 0 Å². The molecule has 1 aliphatic rings. The number of carboxylic acids is 1. The van der Waals surface area contributed by atoms with Gasteiger partial charge in [0.05, 0.1) is 4.90 Å². The summed E-state index contributed by atoms with van der Waals surface area (Å²) < 4.78 is 33.0. The summed E-state index contributed by atoms with van der Waals surface area (Å²) in [4.78, 5) is 13.6. The van der Waals surface area contributed by atoms with E-state index in [9.17, 15) is 13.2 Å². The van der Waals surface area contributed by atoms with E-state index in [1.165, 1.54) is 53.5 Å². The van der Waals surface area contributed by atoms with Crippen molar-refractivity contribution in [2.24, 2.45) is 0 Å². The molecule has 162 valence electrons. The van der Waals surface area contributed by atoms with Crippen LogP contribution in [0, 0.1) is 13.8 Å². The first-order valence-electron chi connectivity index (χ1n) is 9.85. The first-order valence-corrected chi connectivity index (χ1v) is 11.3. The minimum Gasteiger partial charge on any atom is -0.478 e. The largest absolute Gasteiger partial charge is 0.478 e. The normalized spacial score (nSPS) is 15.8. The van der Waals surface area contributed by atoms with Gasteiger partial charge in [-0.2, -0.15) is 4.31 Å². The second kappa shape index (κ2) is 8.28. The summed E-state index contributed by atoms with van der Waals surface area (Å²) in [6.07, 6.45) is 0. The Morgan fingerprint density at radius 3 is 2.13 bits per heavy atom. The molecule has 2 aromatic rings. The molecule has 0 aromatic heterocycles. The first-order chi connectivity index (χ1) is 14.0. The van der Waals surface area contributed by atoms with Gasteiger partial charge in [0.25, 0.3) is 0 Å². The molecule has 0 radical (unpaired) electrons. The number of benzene rings is 2. The van der Waals surface area contributed by atoms with Crippen LogP contribution in [-0.4, -0.2) is 55.6 Å². The minimum absolute atomic E-state index is 0.169. The summed E-state index contributed by atoms with van der Waals surface area (Å²) in [7, 11) is -3.63. The number of carbonyl (C=O) groups is 1. The number of hydrogen-bond donors (Lipinski definition) is 1. The second-order valence-electron chi connectivity index (χ2n) is 8.07. The second-order valence-corrected chi connectivity index (χ2v) is 10.0. The lowest BCUT2D eigenvalue weighted by atomic mass is 10.1. The topological polar surface area (TPSA) is 87.2 Å². The van der Waals surface area contributed by atoms with Gasteiger partial charge in [-0.15, -0.1) is 0 Å². The van der Waals surface area contributed by atoms with Crippen molar-refractivity contribution in [3.8, 4) is 5.75 Å². The van der Waals surface area contributed by atoms with Crippen LogP contribution >= 0.6 is 0 Å². The molecule has 1 fully saturated rings. The van der Waals surface area contributed by atoms with Crippen LogP contribution in [0.4, 0.5) is 5.69 Å². The third-order valence-electron chi connectivity index (χ3n) is 5.28. The quantitative estimate of drug-likeness (QED) is 0.755. The molecular weight excluding hydrogens is 404 g/mol. The number of hydrogen-bond acceptors (Lipinski definition) is 5. The predicted molar refractivity (Wildman–Crippen MR) is 116 cm³/mol. The molecule has 1 aliphatic heterocycles. The number of aliphatic carboxylic acids is 1. The highest BCUT2D eigenvalue weighted by Crippen LogP contribution is 2.26. The van der Waals surface area contributed by atoms with E-state index < -0.39 is 21.6 Å². The molecule has 8 heteroatoms. The summed E-state index contributed by atoms with van der Waals surface area (Å²) >= 11 is 0. The zero-order valence-corrected chi connectivity index (χ0v) is 18.6. The molecular formula is C22H28N2O5S. The van der Waals surface area contributed by atoms with Crippen LogP contribution in [0.25, 0.3) is 0 Å². The number of aryl methyl sites for hydroxylation is 2. The van der Waals surface area contributed by atoms with Crippen molar-refractivity contribution in [2.45, 2.75) is 38.2 Å². The summed E-state index contributed by atoms with van der Waals surface area (Å²) in [5, 5.41) is 9.16. The van der Waals surface area contributed by atoms with E-state index >= 15 is 0 Å². The van der Waals surface area contributed by atoms with E-state index in [4.69, 9.17) is 9.84 Å². The van der Waals surface area contributed by atoms with Gasteiger partial charge in [0.2, 0.25) is 10.0 Å². The van der Waals surface area contributed by atoms with Gasteiger partial charge >= 0.3 is 5.97 Å². The Hall–Kier alpha value is -2.58. The van der Waals surface area contributed by atoms with Crippen LogP contribution in [0.15, 0.2) is 47.4 Å². The Morgan fingerprint density at radius 1 is 1.00 bits per heavy atom. The van der Waals surface area contributed by atoms with Crippen LogP contribution in [0.2, 0.25) is 0 Å². The molecule has 0 atom stereocenters. The lowest BCUT2D eigenvalue weighted by molar-refractivity contribution is -0.152. The van der Waals surface area contributed by atoms with E-state index in [1.807, 2.05) is 0 Å². The summed E-state index contributed by atoms with van der Waals surface area (Å²) in [6, 6.07) is 12.2. The fraction of sp³-hybridized carbons (Fsp3) is 0.409. The van der Waals surface area contributed by atoms with Crippen LogP contribution < -0.4 is 9.64 Å². The highest BCUT2D eigenvalue weighted by molar-refractivity contribution is 7.89. The molecule has 1 heterocycles. The van der Waals surface area contributed by atoms with Crippen molar-refractivity contribution in [3.63, 3.8) is 0 Å². The predicted octanol–water partition coefficient (Wildman–Crippen LogP) is 3.06. The van der Waals surface area contributed by atoms with Crippen molar-refractivity contribution < 1.29 is 23.1 Å². The summed E-state index contributed by atoms with van der Waals surface area (Å²) in [6.45, 7) is 9.06. The highest BCUT2D eigenvalue weighted by atomic mass is 32.2. The number of piperazine rings is 1. The van der Waals surface area contributed by atoms with Crippen molar-refractivity contribution in [2.75, 3.05) is 31.1 Å². The fourth-order valence-electron chi connectivity index (χ4n) is 3.50. The molecule has 2 aromatic carbocycles. The fourth-order valence-corrected chi connectivity index (χ4v) is 4.92. The molecule has 0 amide bonds. The smallest absolute Gasteiger partial charge is 0.347 e. The van der Waals surface area contributed by atoms with E-state index in [-0.39, 0.29) is 4.90 Å². The van der Waals surface area contributed by atoms with Gasteiger partial charge in [-0.1, -0.05) is 17.7 Å². The Kier molecular flexibility index (Phi) is 6.10. The Balaban J connectivity index is 1.68. The SMILES string of the molecule is Cc1ccc(N2CCN(S(=O)(=O)c3ccc(OC(C)(C)C(=O)O)cc3)CC2)c(C)c1. The Bertz CT molecular complexity index is 1020. The van der Waals surface area contributed by atoms with E-state index in [0.29, 0.717) is 31.9 Å². The van der Waals surface area contributed by atoms with Crippen LogP contribution in [0.1, 0.15) is 25.0 Å². The molecule has 0 saturated carbocycles. The van der Waals surface area contributed by atoms with Gasteiger partial charge in [-0.3, -0.25) is 0 Å². The van der Waals surface area contributed by atoms with E-state index in [1.54, 1.807) is 0 Å². The molecule has 0 unspecified atom stereocenters. The van der Waals surface area contributed by atoms with Gasteiger partial charge in [0, 0.05) is 31.9 Å². The van der Waals surface area contributed by atoms with Gasteiger partial charge in [0.1, 0.15) is 5.75 Å². The summed E-state index contributed by atoms with van der Waals surface area (Å²) in [5.74, 6) is -0.790. The van der Waals surface area contributed by atoms with Crippen molar-refractivity contribution in [1.82, 2.24) is 4.31 Å². The standard InChI is InChI=1S/C22H28N2O5S/c1-16-5-10-20(17(2)15-16)23-11-13-24(14-12-23)30(27,28)19-8-6-18(7-9-19)29-22(3,4)21(25)26/h5-10,15H,11-14H2,1-4H3,(H,25,26). The molecule has 0 bridgehead atoms. The van der Waals surface area contributed by atoms with Crippen LogP contribution in [-0.2, 0) is 14.8 Å². The van der Waals surface area contributed by atoms with Crippen LogP contribution in [0.5, 0.6) is 5.75 Å². The number of nitrogens with zero attached hydrogens (tertiary/aromatic N) is 2. The van der Waals surface area contributed by atoms with Crippen molar-refractivity contribution in [1.29, 1.82) is 0 Å². The Morgan fingerprint density at radius 2 is 1.60 bits per heavy atom. The number of rotatable bonds is 6. The van der Waals surface area contributed by atoms with Gasteiger partial charge in [-0.25, -0.2) is 13.2 Å². The molecule has 0 spiro atoms. The number of carboxylic acid groups (broad SMARTS) is 1. The molecule has 1 saturated heterocycles. The monoisotopic (exact) mass is 432 g/mol. The van der Waals surface area contributed by atoms with Gasteiger partial charge in [-0.05, 0) is 63.6 Å². The molecule has 30 heavy (non-hydrogen) atoms. The molecule has 0 aliphatic carbocycles. The van der Waals surface area contributed by atoms with E-state index in [2.05, 4.69) is 36.9 Å². The number of sulfonamides is 1. The lowest BCUT2D eigenvalue weighted by Crippen LogP contribution is -2.48. The average molecular weight is 433 g/mol. The molecule has 1 N–H and O–H groups in total. The third-order valence-corrected chi connectivity index (χ3v) is 7.19. The average Bonchev–Trinajstić information content (AvgIpc) is 2.68. The highest BCUT2D eigenvalue weighted by Gasteiger charge is 2.31. The maximum Gasteiger partial charge on any atom is 0.347 e. The molecule has 3 rings (SSSR count). The first kappa shape index (κ1) is 22.1. The summed E-state index contributed by atoms with van der Waals surface area (Å²) in [5.41, 5.74) is 2.13. The minimum atomic E-state index is -3.63. The zero-order valence-electron chi connectivity index (χ0n) is 17.8. The number of anilines is 1. The zero-order chi connectivity index (χ0) is 22.1. The lowest BCUT2D eigenvalue weighted by Gasteiger charge is -2.36. The number of ether oxygens (including phenoxy) is 1. The van der Waals surface area contributed by atoms with Gasteiger partial charge in [0.15, 0.2) is 5.60 Å². The maximum atomic E-state index is 13.0.